The monoisotopic (exact) mass is 486 g/mol. The quantitative estimate of drug-likeness (QED) is 0.384. The summed E-state index contributed by atoms with van der Waals surface area (Å²) < 4.78 is 0. The van der Waals surface area contributed by atoms with Gasteiger partial charge in [0.15, 0.2) is 0 Å². The van der Waals surface area contributed by atoms with Crippen molar-refractivity contribution in [2.45, 2.75) is 37.9 Å². The Kier molecular flexibility index (Phi) is 7.77. The molecular weight excluding hydrogens is 456 g/mol. The molecule has 3 aromatic carbocycles. The third kappa shape index (κ3) is 5.62. The standard InChI is InChI=1S/C28H30N4O4/c29-23(17-33)27(35)31-24-14-13-20-5-2-4-8-25(20)32(28(24)36)16-18-9-11-19(12-10-18)22-7-3-1-6-21(22)15-26(30)34/h1-12,23-24,33H,13-17,29H2,(H2,30,34)(H,31,35)/t23-,24-/m1/s1. The predicted molar refractivity (Wildman–Crippen MR) is 138 cm³/mol. The molecule has 0 aliphatic carbocycles. The third-order valence-corrected chi connectivity index (χ3v) is 6.39. The molecule has 8 heteroatoms. The number of fused-ring (bicyclic) bond motifs is 1. The summed E-state index contributed by atoms with van der Waals surface area (Å²) in [6.07, 6.45) is 1.21. The first-order chi connectivity index (χ1) is 17.4. The Bertz CT molecular complexity index is 1260. The van der Waals surface area contributed by atoms with Crippen molar-refractivity contribution in [3.8, 4) is 11.1 Å². The zero-order valence-electron chi connectivity index (χ0n) is 19.9. The van der Waals surface area contributed by atoms with Crippen molar-refractivity contribution in [3.05, 3.63) is 89.5 Å². The molecule has 8 nitrogen and oxygen atoms in total. The smallest absolute Gasteiger partial charge is 0.249 e. The van der Waals surface area contributed by atoms with Gasteiger partial charge in [0.1, 0.15) is 12.1 Å². The van der Waals surface area contributed by atoms with Crippen LogP contribution >= 0.6 is 0 Å². The normalized spacial score (nSPS) is 16.1. The van der Waals surface area contributed by atoms with Crippen LogP contribution in [0.1, 0.15) is 23.1 Å². The molecule has 2 atom stereocenters. The minimum absolute atomic E-state index is 0.157. The molecule has 4 rings (SSSR count). The number of hydrogen-bond donors (Lipinski definition) is 4. The topological polar surface area (TPSA) is 139 Å². The van der Waals surface area contributed by atoms with Crippen LogP contribution in [0.3, 0.4) is 0 Å². The van der Waals surface area contributed by atoms with E-state index in [0.717, 1.165) is 33.5 Å². The van der Waals surface area contributed by atoms with E-state index in [0.29, 0.717) is 19.4 Å². The molecule has 1 aliphatic heterocycles. The number of anilines is 1. The van der Waals surface area contributed by atoms with Crippen molar-refractivity contribution in [2.24, 2.45) is 11.5 Å². The van der Waals surface area contributed by atoms with Gasteiger partial charge in [0, 0.05) is 5.69 Å². The number of aliphatic hydroxyl groups excluding tert-OH is 1. The summed E-state index contributed by atoms with van der Waals surface area (Å²) in [5.74, 6) is -1.17. The van der Waals surface area contributed by atoms with Crippen molar-refractivity contribution in [1.29, 1.82) is 0 Å². The van der Waals surface area contributed by atoms with E-state index in [-0.39, 0.29) is 18.2 Å². The maximum absolute atomic E-state index is 13.6. The fourth-order valence-electron chi connectivity index (χ4n) is 4.49. The van der Waals surface area contributed by atoms with Gasteiger partial charge in [-0.15, -0.1) is 0 Å². The lowest BCUT2D eigenvalue weighted by atomic mass is 9.96. The molecule has 0 unspecified atom stereocenters. The molecule has 0 saturated carbocycles. The van der Waals surface area contributed by atoms with Crippen LogP contribution in [-0.2, 0) is 33.8 Å². The molecule has 36 heavy (non-hydrogen) atoms. The molecule has 1 heterocycles. The molecule has 6 N–H and O–H groups in total. The fourth-order valence-corrected chi connectivity index (χ4v) is 4.49. The summed E-state index contributed by atoms with van der Waals surface area (Å²) in [5, 5.41) is 11.9. The number of rotatable bonds is 8. The van der Waals surface area contributed by atoms with Gasteiger partial charge in [-0.25, -0.2) is 0 Å². The minimum Gasteiger partial charge on any atom is -0.394 e. The number of hydrogen-bond acceptors (Lipinski definition) is 5. The van der Waals surface area contributed by atoms with Gasteiger partial charge in [0.2, 0.25) is 17.7 Å². The summed E-state index contributed by atoms with van der Waals surface area (Å²) in [5.41, 5.74) is 16.5. The van der Waals surface area contributed by atoms with E-state index in [4.69, 9.17) is 11.5 Å². The highest BCUT2D eigenvalue weighted by Gasteiger charge is 2.32. The first kappa shape index (κ1) is 25.1. The van der Waals surface area contributed by atoms with E-state index in [2.05, 4.69) is 5.32 Å². The van der Waals surface area contributed by atoms with Crippen LogP contribution in [0.25, 0.3) is 11.1 Å². The Balaban J connectivity index is 1.60. The Hall–Kier alpha value is -4.01. The van der Waals surface area contributed by atoms with Crippen molar-refractivity contribution < 1.29 is 19.5 Å². The van der Waals surface area contributed by atoms with Crippen molar-refractivity contribution in [2.75, 3.05) is 11.5 Å². The second-order valence-corrected chi connectivity index (χ2v) is 8.94. The maximum Gasteiger partial charge on any atom is 0.249 e. The second-order valence-electron chi connectivity index (χ2n) is 8.94. The summed E-state index contributed by atoms with van der Waals surface area (Å²) in [6, 6.07) is 21.3. The Morgan fingerprint density at radius 3 is 2.44 bits per heavy atom. The van der Waals surface area contributed by atoms with Crippen molar-refractivity contribution >= 4 is 23.4 Å². The fraction of sp³-hybridized carbons (Fsp3) is 0.250. The summed E-state index contributed by atoms with van der Waals surface area (Å²) in [7, 11) is 0. The first-order valence-electron chi connectivity index (χ1n) is 11.9. The summed E-state index contributed by atoms with van der Waals surface area (Å²) in [4.78, 5) is 39.0. The highest BCUT2D eigenvalue weighted by molar-refractivity contribution is 6.01. The number of aryl methyl sites for hydroxylation is 1. The average Bonchev–Trinajstić information content (AvgIpc) is 3.01. The van der Waals surface area contributed by atoms with Crippen LogP contribution in [0.2, 0.25) is 0 Å². The van der Waals surface area contributed by atoms with E-state index >= 15 is 0 Å². The van der Waals surface area contributed by atoms with E-state index in [1.54, 1.807) is 4.90 Å². The number of aliphatic hydroxyl groups is 1. The third-order valence-electron chi connectivity index (χ3n) is 6.39. The van der Waals surface area contributed by atoms with Gasteiger partial charge in [-0.1, -0.05) is 66.7 Å². The number of amides is 3. The van der Waals surface area contributed by atoms with Gasteiger partial charge in [-0.3, -0.25) is 14.4 Å². The van der Waals surface area contributed by atoms with E-state index in [1.165, 1.54) is 0 Å². The highest BCUT2D eigenvalue weighted by atomic mass is 16.3. The van der Waals surface area contributed by atoms with Gasteiger partial charge >= 0.3 is 0 Å². The Morgan fingerprint density at radius 2 is 1.72 bits per heavy atom. The number of para-hydroxylation sites is 1. The number of nitrogens with one attached hydrogen (secondary N) is 1. The number of carbonyl (C=O) groups excluding carboxylic acids is 3. The van der Waals surface area contributed by atoms with Crippen LogP contribution in [0, 0.1) is 0 Å². The van der Waals surface area contributed by atoms with Crippen molar-refractivity contribution in [3.63, 3.8) is 0 Å². The Labute approximate surface area is 209 Å². The van der Waals surface area contributed by atoms with Gasteiger partial charge in [0.05, 0.1) is 19.6 Å². The number of carbonyl (C=O) groups is 3. The van der Waals surface area contributed by atoms with Crippen LogP contribution in [-0.4, -0.2) is 41.5 Å². The number of nitrogens with zero attached hydrogens (tertiary/aromatic N) is 1. The summed E-state index contributed by atoms with van der Waals surface area (Å²) in [6.45, 7) is -0.177. The molecule has 0 bridgehead atoms. The number of nitrogens with two attached hydrogens (primary N) is 2. The van der Waals surface area contributed by atoms with Gasteiger partial charge in [-0.05, 0) is 46.7 Å². The molecule has 0 radical (unpaired) electrons. The first-order valence-corrected chi connectivity index (χ1v) is 11.9. The molecule has 0 aromatic heterocycles. The van der Waals surface area contributed by atoms with Gasteiger partial charge < -0.3 is 26.8 Å². The van der Waals surface area contributed by atoms with Crippen LogP contribution < -0.4 is 21.7 Å². The maximum atomic E-state index is 13.6. The summed E-state index contributed by atoms with van der Waals surface area (Å²) >= 11 is 0. The largest absolute Gasteiger partial charge is 0.394 e. The molecule has 3 amide bonds. The second kappa shape index (κ2) is 11.2. The van der Waals surface area contributed by atoms with Crippen LogP contribution in [0.5, 0.6) is 0 Å². The SMILES string of the molecule is NC(=O)Cc1ccccc1-c1ccc(CN2C(=O)[C@H](NC(=O)[C@H](N)CO)CCc3ccccc32)cc1. The Morgan fingerprint density at radius 1 is 1.03 bits per heavy atom. The molecular formula is C28H30N4O4. The van der Waals surface area contributed by atoms with Crippen molar-refractivity contribution in [1.82, 2.24) is 5.32 Å². The lowest BCUT2D eigenvalue weighted by Crippen LogP contribution is -2.53. The predicted octanol–water partition coefficient (Wildman–Crippen LogP) is 1.67. The molecule has 186 valence electrons. The molecule has 0 saturated heterocycles. The van der Waals surface area contributed by atoms with E-state index < -0.39 is 24.6 Å². The molecule has 1 aliphatic rings. The minimum atomic E-state index is -1.08. The van der Waals surface area contributed by atoms with Gasteiger partial charge in [-0.2, -0.15) is 0 Å². The molecule has 0 spiro atoms. The highest BCUT2D eigenvalue weighted by Crippen LogP contribution is 2.30. The lowest BCUT2D eigenvalue weighted by molar-refractivity contribution is -0.129. The van der Waals surface area contributed by atoms with Gasteiger partial charge in [0.25, 0.3) is 0 Å². The zero-order valence-corrected chi connectivity index (χ0v) is 19.9. The van der Waals surface area contributed by atoms with E-state index in [9.17, 15) is 19.5 Å². The van der Waals surface area contributed by atoms with Crippen LogP contribution in [0.4, 0.5) is 5.69 Å². The zero-order chi connectivity index (χ0) is 25.7. The molecule has 0 fully saturated rings. The molecule has 3 aromatic rings. The number of benzene rings is 3. The average molecular weight is 487 g/mol. The van der Waals surface area contributed by atoms with E-state index in [1.807, 2.05) is 72.8 Å². The van der Waals surface area contributed by atoms with Crippen LogP contribution in [0.15, 0.2) is 72.8 Å². The lowest BCUT2D eigenvalue weighted by Gasteiger charge is -2.27. The number of primary amides is 1.